The molecule has 0 nitrogen and oxygen atoms in total. The quantitative estimate of drug-likeness (QED) is 0.406. The minimum absolute atomic E-state index is 0.292. The maximum absolute atomic E-state index is 2.72. The summed E-state index contributed by atoms with van der Waals surface area (Å²) in [7, 11) is 0. The summed E-state index contributed by atoms with van der Waals surface area (Å²) in [4.78, 5) is 0. The van der Waals surface area contributed by atoms with E-state index in [1.54, 1.807) is 0 Å². The van der Waals surface area contributed by atoms with Gasteiger partial charge < -0.3 is 0 Å². The average Bonchev–Trinajstić information content (AvgIpc) is 2.63. The molecule has 2 aliphatic carbocycles. The molecule has 2 aliphatic rings. The molecule has 6 atom stereocenters. The van der Waals surface area contributed by atoms with E-state index in [2.05, 4.69) is 104 Å². The molecule has 2 saturated carbocycles. The van der Waals surface area contributed by atoms with Crippen LogP contribution in [-0.2, 0) is 0 Å². The Morgan fingerprint density at radius 3 is 1.50 bits per heavy atom. The molecule has 6 unspecified atom stereocenters. The van der Waals surface area contributed by atoms with Crippen LogP contribution in [0.1, 0.15) is 123 Å². The SMILES string of the molecule is CCC(C)(CC)C1(C)C2(C)CC(C)(C(C)C(C)C)C2(C)C1(C)C(C)(C)C(C)C. The number of rotatable bonds is 7. The molecule has 0 N–H and O–H groups in total. The van der Waals surface area contributed by atoms with Gasteiger partial charge in [0.15, 0.2) is 0 Å². The van der Waals surface area contributed by atoms with E-state index in [9.17, 15) is 0 Å². The van der Waals surface area contributed by atoms with E-state index in [1.807, 2.05) is 0 Å². The lowest BCUT2D eigenvalue weighted by Crippen LogP contribution is -2.92. The molecule has 0 aromatic carbocycles. The normalized spacial score (nSPS) is 44.9. The van der Waals surface area contributed by atoms with Crippen LogP contribution in [0.4, 0.5) is 0 Å². The van der Waals surface area contributed by atoms with Crippen molar-refractivity contribution in [2.75, 3.05) is 0 Å². The van der Waals surface area contributed by atoms with Crippen LogP contribution < -0.4 is 0 Å². The Bertz CT molecular complexity index is 608. The molecule has 0 aliphatic heterocycles. The van der Waals surface area contributed by atoms with Gasteiger partial charge in [-0.3, -0.25) is 0 Å². The lowest BCUT2D eigenvalue weighted by molar-refractivity contribution is -0.501. The van der Waals surface area contributed by atoms with Crippen molar-refractivity contribution in [2.45, 2.75) is 123 Å². The molecule has 0 spiro atoms. The second kappa shape index (κ2) is 6.26. The first-order chi connectivity index (χ1) is 12.4. The van der Waals surface area contributed by atoms with E-state index >= 15 is 0 Å². The van der Waals surface area contributed by atoms with Crippen molar-refractivity contribution in [3.05, 3.63) is 0 Å². The Balaban J connectivity index is 2.85. The Morgan fingerprint density at radius 1 is 0.750 bits per heavy atom. The zero-order valence-corrected chi connectivity index (χ0v) is 22.4. The summed E-state index contributed by atoms with van der Waals surface area (Å²) in [5, 5.41) is 0. The maximum Gasteiger partial charge on any atom is -0.0143 e. The first kappa shape index (κ1) is 24.3. The molecule has 0 aromatic rings. The van der Waals surface area contributed by atoms with Crippen molar-refractivity contribution in [2.24, 2.45) is 55.7 Å². The largest absolute Gasteiger partial charge is 0.0648 e. The molecule has 28 heavy (non-hydrogen) atoms. The van der Waals surface area contributed by atoms with E-state index in [1.165, 1.54) is 19.3 Å². The second-order valence-corrected chi connectivity index (χ2v) is 13.5. The van der Waals surface area contributed by atoms with Gasteiger partial charge in [0.1, 0.15) is 0 Å². The van der Waals surface area contributed by atoms with Crippen molar-refractivity contribution < 1.29 is 0 Å². The van der Waals surface area contributed by atoms with Crippen molar-refractivity contribution >= 4 is 0 Å². The van der Waals surface area contributed by atoms with Gasteiger partial charge in [-0.15, -0.1) is 0 Å². The van der Waals surface area contributed by atoms with Gasteiger partial charge in [-0.2, -0.15) is 0 Å². The van der Waals surface area contributed by atoms with Crippen LogP contribution in [0.25, 0.3) is 0 Å². The summed E-state index contributed by atoms with van der Waals surface area (Å²) in [6, 6.07) is 0. The van der Waals surface area contributed by atoms with E-state index in [0.29, 0.717) is 43.8 Å². The first-order valence-electron chi connectivity index (χ1n) is 12.4. The molecule has 2 rings (SSSR count). The highest BCUT2D eigenvalue weighted by atomic mass is 15.0. The molecule has 0 bridgehead atoms. The lowest BCUT2D eigenvalue weighted by atomic mass is 9.07. The molecule has 166 valence electrons. The zero-order chi connectivity index (χ0) is 22.4. The Labute approximate surface area is 179 Å². The summed E-state index contributed by atoms with van der Waals surface area (Å²) in [6.45, 7) is 38.6. The van der Waals surface area contributed by atoms with Crippen LogP contribution in [0, 0.1) is 55.7 Å². The third-order valence-corrected chi connectivity index (χ3v) is 13.6. The van der Waals surface area contributed by atoms with Crippen LogP contribution >= 0.6 is 0 Å². The van der Waals surface area contributed by atoms with Crippen LogP contribution in [0.2, 0.25) is 0 Å². The van der Waals surface area contributed by atoms with Gasteiger partial charge in [0.2, 0.25) is 0 Å². The molecular formula is C28H54. The summed E-state index contributed by atoms with van der Waals surface area (Å²) in [5.41, 5.74) is 2.51. The zero-order valence-electron chi connectivity index (χ0n) is 22.4. The van der Waals surface area contributed by atoms with Gasteiger partial charge in [-0.05, 0) is 62.1 Å². The molecule has 0 heterocycles. The number of hydrogen-bond donors (Lipinski definition) is 0. The Morgan fingerprint density at radius 2 is 1.18 bits per heavy atom. The highest BCUT2D eigenvalue weighted by Gasteiger charge is 2.94. The molecule has 0 heteroatoms. The summed E-state index contributed by atoms with van der Waals surface area (Å²) in [6.07, 6.45) is 3.96. The maximum atomic E-state index is 2.72. The van der Waals surface area contributed by atoms with E-state index in [0.717, 1.165) is 11.8 Å². The van der Waals surface area contributed by atoms with Gasteiger partial charge in [0.25, 0.3) is 0 Å². The number of hydrogen-bond acceptors (Lipinski definition) is 0. The third kappa shape index (κ3) is 1.96. The molecular weight excluding hydrogens is 336 g/mol. The fourth-order valence-corrected chi connectivity index (χ4v) is 9.85. The number of fused-ring (bicyclic) bond motifs is 1. The minimum atomic E-state index is 0.292. The van der Waals surface area contributed by atoms with Crippen molar-refractivity contribution in [3.63, 3.8) is 0 Å². The second-order valence-electron chi connectivity index (χ2n) is 13.5. The summed E-state index contributed by atoms with van der Waals surface area (Å²) >= 11 is 0. The van der Waals surface area contributed by atoms with E-state index in [4.69, 9.17) is 0 Å². The summed E-state index contributed by atoms with van der Waals surface area (Å²) < 4.78 is 0. The van der Waals surface area contributed by atoms with Crippen LogP contribution in [0.5, 0.6) is 0 Å². The van der Waals surface area contributed by atoms with Gasteiger partial charge in [0.05, 0.1) is 0 Å². The minimum Gasteiger partial charge on any atom is -0.0648 e. The lowest BCUT2D eigenvalue weighted by Gasteiger charge is -2.97. The summed E-state index contributed by atoms with van der Waals surface area (Å²) in [5.74, 6) is 2.18. The van der Waals surface area contributed by atoms with Gasteiger partial charge in [0, 0.05) is 0 Å². The van der Waals surface area contributed by atoms with Crippen molar-refractivity contribution in [3.8, 4) is 0 Å². The standard InChI is InChI=1S/C28H54/c1-16-23(10,17-2)27(14)25(12)18-24(11,21(7)19(3)4)28(25,15)26(27,13)22(8,9)20(5)6/h19-21H,16-18H2,1-15H3. The van der Waals surface area contributed by atoms with Crippen LogP contribution in [0.3, 0.4) is 0 Å². The van der Waals surface area contributed by atoms with Gasteiger partial charge in [-0.1, -0.05) is 117 Å². The predicted octanol–water partition coefficient (Wildman–Crippen LogP) is 9.24. The molecule has 0 saturated heterocycles. The molecule has 0 radical (unpaired) electrons. The average molecular weight is 391 g/mol. The van der Waals surface area contributed by atoms with E-state index in [-0.39, 0.29) is 0 Å². The monoisotopic (exact) mass is 390 g/mol. The van der Waals surface area contributed by atoms with Gasteiger partial charge in [-0.25, -0.2) is 0 Å². The topological polar surface area (TPSA) is 0 Å². The van der Waals surface area contributed by atoms with Crippen LogP contribution in [-0.4, -0.2) is 0 Å². The van der Waals surface area contributed by atoms with Gasteiger partial charge >= 0.3 is 0 Å². The first-order valence-corrected chi connectivity index (χ1v) is 12.4. The molecule has 0 aromatic heterocycles. The predicted molar refractivity (Wildman–Crippen MR) is 126 cm³/mol. The third-order valence-electron chi connectivity index (χ3n) is 13.6. The van der Waals surface area contributed by atoms with Crippen LogP contribution in [0.15, 0.2) is 0 Å². The van der Waals surface area contributed by atoms with Crippen molar-refractivity contribution in [1.82, 2.24) is 0 Å². The molecule has 2 fully saturated rings. The fraction of sp³-hybridized carbons (Fsp3) is 1.00. The fourth-order valence-electron chi connectivity index (χ4n) is 9.85. The van der Waals surface area contributed by atoms with E-state index < -0.39 is 0 Å². The highest BCUT2D eigenvalue weighted by molar-refractivity contribution is 5.41. The Hall–Kier alpha value is 0. The van der Waals surface area contributed by atoms with Crippen molar-refractivity contribution in [1.29, 1.82) is 0 Å². The smallest absolute Gasteiger partial charge is 0.0143 e. The Kier molecular flexibility index (Phi) is 5.43. The highest BCUT2D eigenvalue weighted by Crippen LogP contribution is 2.99. The molecule has 0 amide bonds.